The number of pyridine rings is 1. The van der Waals surface area contributed by atoms with Crippen molar-refractivity contribution in [2.75, 3.05) is 5.32 Å². The van der Waals surface area contributed by atoms with Crippen molar-refractivity contribution in [1.29, 1.82) is 5.41 Å². The van der Waals surface area contributed by atoms with Crippen molar-refractivity contribution in [3.63, 3.8) is 0 Å². The van der Waals surface area contributed by atoms with Gasteiger partial charge in [-0.25, -0.2) is 4.98 Å². The predicted octanol–water partition coefficient (Wildman–Crippen LogP) is 2.48. The highest BCUT2D eigenvalue weighted by molar-refractivity contribution is 6.11. The van der Waals surface area contributed by atoms with Crippen LogP contribution >= 0.6 is 0 Å². The fourth-order valence-electron chi connectivity index (χ4n) is 1.53. The molecule has 0 atom stereocenters. The largest absolute Gasteiger partial charge is 0.310 e. The number of benzene rings is 1. The third-order valence-corrected chi connectivity index (χ3v) is 2.39. The minimum Gasteiger partial charge on any atom is -0.310 e. The second kappa shape index (κ2) is 5.72. The predicted molar refractivity (Wildman–Crippen MR) is 70.8 cm³/mol. The molecule has 0 spiro atoms. The van der Waals surface area contributed by atoms with E-state index in [0.717, 1.165) is 5.56 Å². The van der Waals surface area contributed by atoms with Crippen LogP contribution in [-0.2, 0) is 4.79 Å². The van der Waals surface area contributed by atoms with Crippen molar-refractivity contribution in [2.45, 2.75) is 6.42 Å². The monoisotopic (exact) mass is 239 g/mol. The highest BCUT2D eigenvalue weighted by atomic mass is 16.1. The summed E-state index contributed by atoms with van der Waals surface area (Å²) in [4.78, 5) is 15.7. The van der Waals surface area contributed by atoms with E-state index in [4.69, 9.17) is 5.41 Å². The van der Waals surface area contributed by atoms with Crippen LogP contribution in [0.4, 0.5) is 5.82 Å². The van der Waals surface area contributed by atoms with E-state index in [2.05, 4.69) is 10.3 Å². The Kier molecular flexibility index (Phi) is 3.81. The van der Waals surface area contributed by atoms with Gasteiger partial charge in [-0.3, -0.25) is 4.79 Å². The molecule has 1 amide bonds. The van der Waals surface area contributed by atoms with Crippen LogP contribution in [0.25, 0.3) is 0 Å². The van der Waals surface area contributed by atoms with E-state index in [1.807, 2.05) is 30.3 Å². The third-order valence-electron chi connectivity index (χ3n) is 2.39. The van der Waals surface area contributed by atoms with Gasteiger partial charge in [0.25, 0.3) is 0 Å². The number of carbonyl (C=O) groups excluding carboxylic acids is 1. The lowest BCUT2D eigenvalue weighted by Gasteiger charge is -2.05. The SMILES string of the molecule is N=C(CC(=O)Nc1ccccn1)c1ccccc1. The van der Waals surface area contributed by atoms with Gasteiger partial charge in [0.15, 0.2) is 0 Å². The minimum atomic E-state index is -0.234. The molecule has 90 valence electrons. The Morgan fingerprint density at radius 3 is 2.50 bits per heavy atom. The van der Waals surface area contributed by atoms with E-state index in [0.29, 0.717) is 11.5 Å². The molecule has 4 heteroatoms. The molecule has 2 N–H and O–H groups in total. The van der Waals surface area contributed by atoms with Gasteiger partial charge in [0, 0.05) is 11.9 Å². The van der Waals surface area contributed by atoms with Crippen molar-refractivity contribution in [2.24, 2.45) is 0 Å². The van der Waals surface area contributed by atoms with E-state index in [1.54, 1.807) is 24.4 Å². The Labute approximate surface area is 105 Å². The minimum absolute atomic E-state index is 0.0422. The number of rotatable bonds is 4. The molecule has 0 fully saturated rings. The van der Waals surface area contributed by atoms with E-state index in [-0.39, 0.29) is 12.3 Å². The van der Waals surface area contributed by atoms with Gasteiger partial charge in [-0.15, -0.1) is 0 Å². The van der Waals surface area contributed by atoms with Gasteiger partial charge in [0.2, 0.25) is 5.91 Å². The summed E-state index contributed by atoms with van der Waals surface area (Å²) in [6, 6.07) is 14.5. The molecule has 18 heavy (non-hydrogen) atoms. The maximum Gasteiger partial charge on any atom is 0.231 e. The molecule has 0 unspecified atom stereocenters. The van der Waals surface area contributed by atoms with Gasteiger partial charge >= 0.3 is 0 Å². The molecule has 0 aliphatic carbocycles. The summed E-state index contributed by atoms with van der Waals surface area (Å²) in [5.74, 6) is 0.269. The highest BCUT2D eigenvalue weighted by Gasteiger charge is 2.08. The molecule has 0 radical (unpaired) electrons. The van der Waals surface area contributed by atoms with Crippen LogP contribution in [0.1, 0.15) is 12.0 Å². The lowest BCUT2D eigenvalue weighted by Crippen LogP contribution is -2.17. The molecule has 0 bridgehead atoms. The van der Waals surface area contributed by atoms with Crippen LogP contribution in [0.5, 0.6) is 0 Å². The standard InChI is InChI=1S/C14H13N3O/c15-12(11-6-2-1-3-7-11)10-14(18)17-13-8-4-5-9-16-13/h1-9,15H,10H2,(H,16,17,18). The molecular formula is C14H13N3O. The third kappa shape index (κ3) is 3.25. The molecule has 2 rings (SSSR count). The Bertz CT molecular complexity index is 537. The topological polar surface area (TPSA) is 65.8 Å². The number of hydrogen-bond acceptors (Lipinski definition) is 3. The van der Waals surface area contributed by atoms with E-state index < -0.39 is 0 Å². The second-order valence-electron chi connectivity index (χ2n) is 3.78. The first-order valence-corrected chi connectivity index (χ1v) is 5.59. The van der Waals surface area contributed by atoms with Gasteiger partial charge in [-0.05, 0) is 17.7 Å². The molecule has 0 saturated carbocycles. The zero-order valence-electron chi connectivity index (χ0n) is 9.76. The van der Waals surface area contributed by atoms with Crippen LogP contribution in [0, 0.1) is 5.41 Å². The maximum atomic E-state index is 11.7. The molecule has 0 aliphatic rings. The molecule has 0 aliphatic heterocycles. The number of nitrogens with zero attached hydrogens (tertiary/aromatic N) is 1. The van der Waals surface area contributed by atoms with Crippen LogP contribution in [0.3, 0.4) is 0 Å². The zero-order chi connectivity index (χ0) is 12.8. The Balaban J connectivity index is 1.94. The summed E-state index contributed by atoms with van der Waals surface area (Å²) < 4.78 is 0. The summed E-state index contributed by atoms with van der Waals surface area (Å²) >= 11 is 0. The van der Waals surface area contributed by atoms with Crippen molar-refractivity contribution in [3.05, 3.63) is 60.3 Å². The van der Waals surface area contributed by atoms with Crippen molar-refractivity contribution in [1.82, 2.24) is 4.98 Å². The Morgan fingerprint density at radius 1 is 1.11 bits per heavy atom. The molecule has 4 nitrogen and oxygen atoms in total. The van der Waals surface area contributed by atoms with Gasteiger partial charge in [-0.1, -0.05) is 36.4 Å². The zero-order valence-corrected chi connectivity index (χ0v) is 9.76. The first kappa shape index (κ1) is 12.0. The molecule has 1 aromatic heterocycles. The molecule has 1 heterocycles. The lowest BCUT2D eigenvalue weighted by molar-refractivity contribution is -0.115. The second-order valence-corrected chi connectivity index (χ2v) is 3.78. The smallest absolute Gasteiger partial charge is 0.231 e. The average molecular weight is 239 g/mol. The van der Waals surface area contributed by atoms with E-state index in [9.17, 15) is 4.79 Å². The molecular weight excluding hydrogens is 226 g/mol. The van der Waals surface area contributed by atoms with E-state index in [1.165, 1.54) is 0 Å². The Hall–Kier alpha value is -2.49. The Morgan fingerprint density at radius 2 is 1.83 bits per heavy atom. The molecule has 2 aromatic rings. The number of carbonyl (C=O) groups is 1. The first-order valence-electron chi connectivity index (χ1n) is 5.59. The first-order chi connectivity index (χ1) is 8.75. The number of amides is 1. The van der Waals surface area contributed by atoms with Crippen molar-refractivity contribution >= 4 is 17.4 Å². The van der Waals surface area contributed by atoms with Crippen molar-refractivity contribution < 1.29 is 4.79 Å². The van der Waals surface area contributed by atoms with Crippen LogP contribution in [-0.4, -0.2) is 16.6 Å². The number of nitrogens with one attached hydrogen (secondary N) is 2. The van der Waals surface area contributed by atoms with Crippen LogP contribution in [0.15, 0.2) is 54.7 Å². The van der Waals surface area contributed by atoms with Gasteiger partial charge < -0.3 is 10.7 Å². The number of anilines is 1. The summed E-state index contributed by atoms with van der Waals surface area (Å²) in [7, 11) is 0. The van der Waals surface area contributed by atoms with E-state index >= 15 is 0 Å². The summed E-state index contributed by atoms with van der Waals surface area (Å²) in [6.07, 6.45) is 1.65. The van der Waals surface area contributed by atoms with Crippen LogP contribution in [0.2, 0.25) is 0 Å². The number of aromatic nitrogens is 1. The maximum absolute atomic E-state index is 11.7. The summed E-state index contributed by atoms with van der Waals surface area (Å²) in [5, 5.41) is 10.5. The average Bonchev–Trinajstić information content (AvgIpc) is 2.40. The van der Waals surface area contributed by atoms with Gasteiger partial charge in [-0.2, -0.15) is 0 Å². The summed E-state index contributed by atoms with van der Waals surface area (Å²) in [5.41, 5.74) is 1.05. The lowest BCUT2D eigenvalue weighted by atomic mass is 10.1. The quantitative estimate of drug-likeness (QED) is 0.805. The fourth-order valence-corrected chi connectivity index (χ4v) is 1.53. The van der Waals surface area contributed by atoms with Crippen LogP contribution < -0.4 is 5.32 Å². The molecule has 0 saturated heterocycles. The van der Waals surface area contributed by atoms with Gasteiger partial charge in [0.05, 0.1) is 6.42 Å². The highest BCUT2D eigenvalue weighted by Crippen LogP contribution is 2.05. The van der Waals surface area contributed by atoms with Gasteiger partial charge in [0.1, 0.15) is 5.82 Å². The normalized spacial score (nSPS) is 9.78. The van der Waals surface area contributed by atoms with Crippen molar-refractivity contribution in [3.8, 4) is 0 Å². The number of hydrogen-bond donors (Lipinski definition) is 2. The summed E-state index contributed by atoms with van der Waals surface area (Å²) in [6.45, 7) is 0. The molecule has 1 aromatic carbocycles. The fraction of sp³-hybridized carbons (Fsp3) is 0.0714.